The van der Waals surface area contributed by atoms with E-state index in [-0.39, 0.29) is 12.1 Å². The molecule has 1 aliphatic rings. The minimum atomic E-state index is 0.136. The summed E-state index contributed by atoms with van der Waals surface area (Å²) in [6.07, 6.45) is 0.901. The fraction of sp³-hybridized carbons (Fsp3) is 0.188. The first kappa shape index (κ1) is 13.5. The maximum Gasteiger partial charge on any atom is 0.243 e. The van der Waals surface area contributed by atoms with Crippen molar-refractivity contribution in [2.45, 2.75) is 18.5 Å². The van der Waals surface area contributed by atoms with E-state index in [0.717, 1.165) is 10.9 Å². The zero-order valence-electron chi connectivity index (χ0n) is 11.7. The Hall–Kier alpha value is -2.21. The molecule has 1 aliphatic heterocycles. The highest BCUT2D eigenvalue weighted by Crippen LogP contribution is 2.37. The molecular weight excluding hydrogens is 342 g/mol. The van der Waals surface area contributed by atoms with E-state index in [1.807, 2.05) is 16.8 Å². The van der Waals surface area contributed by atoms with Crippen molar-refractivity contribution in [2.24, 2.45) is 0 Å². The fourth-order valence-corrected chi connectivity index (χ4v) is 3.35. The van der Waals surface area contributed by atoms with Crippen LogP contribution in [0.25, 0.3) is 0 Å². The molecule has 0 saturated heterocycles. The average molecular weight is 356 g/mol. The van der Waals surface area contributed by atoms with Crippen LogP contribution in [-0.2, 0) is 0 Å². The van der Waals surface area contributed by atoms with Crippen LogP contribution in [-0.4, -0.2) is 20.2 Å². The molecule has 0 spiro atoms. The molecule has 2 atom stereocenters. The van der Waals surface area contributed by atoms with E-state index in [1.165, 1.54) is 11.1 Å². The first-order valence-corrected chi connectivity index (χ1v) is 7.95. The highest BCUT2D eigenvalue weighted by molar-refractivity contribution is 9.10. The molecule has 0 saturated carbocycles. The van der Waals surface area contributed by atoms with Gasteiger partial charge in [-0.25, -0.2) is 4.68 Å². The van der Waals surface area contributed by atoms with Crippen molar-refractivity contribution in [3.8, 4) is 0 Å². The van der Waals surface area contributed by atoms with Gasteiger partial charge in [-0.15, -0.1) is 0 Å². The summed E-state index contributed by atoms with van der Waals surface area (Å²) >= 11 is 3.54. The highest BCUT2D eigenvalue weighted by Gasteiger charge is 2.30. The van der Waals surface area contributed by atoms with Gasteiger partial charge in [0, 0.05) is 4.47 Å². The number of benzene rings is 2. The van der Waals surface area contributed by atoms with E-state index < -0.39 is 0 Å². The molecule has 22 heavy (non-hydrogen) atoms. The minimum absolute atomic E-state index is 0.136. The van der Waals surface area contributed by atoms with E-state index in [9.17, 15) is 0 Å². The standard InChI is InChI=1S/C16H14BrN5/c17-13-8-4-7-12(9-13)14-10-15(11-5-2-1-3-6-11)22-16(18-14)19-20-21-22/h1-9,14-15H,10H2,(H,18,19,21)/t14-,15-/m0/s1. The number of tetrazole rings is 1. The lowest BCUT2D eigenvalue weighted by atomic mass is 9.93. The van der Waals surface area contributed by atoms with Crippen molar-refractivity contribution in [1.82, 2.24) is 20.2 Å². The number of nitrogens with zero attached hydrogens (tertiary/aromatic N) is 4. The maximum absolute atomic E-state index is 4.14. The Morgan fingerprint density at radius 3 is 2.68 bits per heavy atom. The van der Waals surface area contributed by atoms with E-state index in [1.54, 1.807) is 0 Å². The van der Waals surface area contributed by atoms with Crippen molar-refractivity contribution < 1.29 is 0 Å². The average Bonchev–Trinajstić information content (AvgIpc) is 3.03. The molecule has 3 aromatic rings. The number of rotatable bonds is 2. The number of anilines is 1. The van der Waals surface area contributed by atoms with E-state index in [2.05, 4.69) is 79.2 Å². The monoisotopic (exact) mass is 355 g/mol. The molecular formula is C16H14BrN5. The molecule has 0 radical (unpaired) electrons. The van der Waals surface area contributed by atoms with Gasteiger partial charge in [0.25, 0.3) is 0 Å². The van der Waals surface area contributed by atoms with Crippen LogP contribution in [0.4, 0.5) is 5.95 Å². The predicted molar refractivity (Wildman–Crippen MR) is 87.5 cm³/mol. The summed E-state index contributed by atoms with van der Waals surface area (Å²) in [4.78, 5) is 0. The molecule has 0 unspecified atom stereocenters. The molecule has 6 heteroatoms. The number of hydrogen-bond acceptors (Lipinski definition) is 4. The van der Waals surface area contributed by atoms with Gasteiger partial charge in [0.15, 0.2) is 0 Å². The van der Waals surface area contributed by atoms with Crippen LogP contribution < -0.4 is 5.32 Å². The van der Waals surface area contributed by atoms with Gasteiger partial charge in [-0.2, -0.15) is 0 Å². The first-order chi connectivity index (χ1) is 10.8. The number of aromatic nitrogens is 4. The normalized spacial score (nSPS) is 20.2. The summed E-state index contributed by atoms with van der Waals surface area (Å²) in [5.41, 5.74) is 2.45. The van der Waals surface area contributed by atoms with Gasteiger partial charge in [0.05, 0.1) is 12.1 Å². The van der Waals surface area contributed by atoms with E-state index in [4.69, 9.17) is 0 Å². The molecule has 0 fully saturated rings. The van der Waals surface area contributed by atoms with Gasteiger partial charge in [-0.3, -0.25) is 0 Å². The SMILES string of the molecule is Brc1cccc([C@@H]2C[C@@H](c3ccccc3)n3nnnc3N2)c1. The number of halogens is 1. The zero-order valence-corrected chi connectivity index (χ0v) is 13.3. The second-order valence-electron chi connectivity index (χ2n) is 5.36. The summed E-state index contributed by atoms with van der Waals surface area (Å²) in [6, 6.07) is 19.0. The second-order valence-corrected chi connectivity index (χ2v) is 6.28. The Balaban J connectivity index is 1.74. The van der Waals surface area contributed by atoms with Crippen molar-refractivity contribution in [2.75, 3.05) is 5.32 Å². The lowest BCUT2D eigenvalue weighted by Crippen LogP contribution is -2.28. The molecule has 2 aromatic carbocycles. The van der Waals surface area contributed by atoms with Crippen LogP contribution in [0.15, 0.2) is 59.1 Å². The van der Waals surface area contributed by atoms with Crippen molar-refractivity contribution in [1.29, 1.82) is 0 Å². The van der Waals surface area contributed by atoms with Gasteiger partial charge in [0.2, 0.25) is 5.95 Å². The molecule has 1 aromatic heterocycles. The summed E-state index contributed by atoms with van der Waals surface area (Å²) in [5.74, 6) is 0.713. The third kappa shape index (κ3) is 2.39. The third-order valence-corrected chi connectivity index (χ3v) is 4.48. The zero-order chi connectivity index (χ0) is 14.9. The van der Waals surface area contributed by atoms with Crippen molar-refractivity contribution >= 4 is 21.9 Å². The largest absolute Gasteiger partial charge is 0.346 e. The molecule has 0 amide bonds. The van der Waals surface area contributed by atoms with Crippen LogP contribution >= 0.6 is 15.9 Å². The highest BCUT2D eigenvalue weighted by atomic mass is 79.9. The number of hydrogen-bond donors (Lipinski definition) is 1. The third-order valence-electron chi connectivity index (χ3n) is 3.99. The number of fused-ring (bicyclic) bond motifs is 1. The summed E-state index contributed by atoms with van der Waals surface area (Å²) in [5, 5.41) is 15.5. The Kier molecular flexibility index (Phi) is 3.38. The predicted octanol–water partition coefficient (Wildman–Crippen LogP) is 3.58. The van der Waals surface area contributed by atoms with Crippen LogP contribution in [0.2, 0.25) is 0 Å². The van der Waals surface area contributed by atoms with Gasteiger partial charge in [-0.05, 0) is 40.1 Å². The van der Waals surface area contributed by atoms with Crippen LogP contribution in [0.5, 0.6) is 0 Å². The molecule has 0 aliphatic carbocycles. The van der Waals surface area contributed by atoms with Crippen molar-refractivity contribution in [3.63, 3.8) is 0 Å². The summed E-state index contributed by atoms with van der Waals surface area (Å²) in [6.45, 7) is 0. The second kappa shape index (κ2) is 5.53. The summed E-state index contributed by atoms with van der Waals surface area (Å²) < 4.78 is 2.94. The van der Waals surface area contributed by atoms with Gasteiger partial charge >= 0.3 is 0 Å². The smallest absolute Gasteiger partial charge is 0.243 e. The van der Waals surface area contributed by atoms with Crippen LogP contribution in [0.3, 0.4) is 0 Å². The quantitative estimate of drug-likeness (QED) is 0.763. The molecule has 2 heterocycles. The topological polar surface area (TPSA) is 55.6 Å². The lowest BCUT2D eigenvalue weighted by molar-refractivity contribution is 0.423. The van der Waals surface area contributed by atoms with Crippen molar-refractivity contribution in [3.05, 3.63) is 70.2 Å². The van der Waals surface area contributed by atoms with Gasteiger partial charge in [-0.1, -0.05) is 63.5 Å². The fourth-order valence-electron chi connectivity index (χ4n) is 2.93. The molecule has 4 rings (SSSR count). The van der Waals surface area contributed by atoms with E-state index >= 15 is 0 Å². The maximum atomic E-state index is 4.14. The van der Waals surface area contributed by atoms with Gasteiger partial charge < -0.3 is 5.32 Å². The van der Waals surface area contributed by atoms with Crippen LogP contribution in [0.1, 0.15) is 29.6 Å². The van der Waals surface area contributed by atoms with Gasteiger partial charge in [0.1, 0.15) is 0 Å². The Morgan fingerprint density at radius 2 is 1.86 bits per heavy atom. The Morgan fingerprint density at radius 1 is 1.05 bits per heavy atom. The first-order valence-electron chi connectivity index (χ1n) is 7.16. The molecule has 110 valence electrons. The Bertz CT molecular complexity index is 786. The van der Waals surface area contributed by atoms with Crippen LogP contribution in [0, 0.1) is 0 Å². The lowest BCUT2D eigenvalue weighted by Gasteiger charge is -2.31. The summed E-state index contributed by atoms with van der Waals surface area (Å²) in [7, 11) is 0. The van der Waals surface area contributed by atoms with E-state index in [0.29, 0.717) is 5.95 Å². The minimum Gasteiger partial charge on any atom is -0.346 e. The molecule has 0 bridgehead atoms. The molecule has 1 N–H and O–H groups in total. The molecule has 5 nitrogen and oxygen atoms in total. The number of nitrogens with one attached hydrogen (secondary N) is 1. The Labute approximate surface area is 136 Å².